The lowest BCUT2D eigenvalue weighted by Crippen LogP contribution is -2.68. The number of rotatable bonds is 4. The summed E-state index contributed by atoms with van der Waals surface area (Å²) in [6.45, 7) is 1.03. The lowest BCUT2D eigenvalue weighted by Gasteiger charge is -2.61. The maximum Gasteiger partial charge on any atom is 0.325 e. The van der Waals surface area contributed by atoms with E-state index in [0.717, 1.165) is 38.5 Å². The fraction of sp³-hybridized carbons (Fsp3) is 0.609. The second-order valence-corrected chi connectivity index (χ2v) is 8.70. The van der Waals surface area contributed by atoms with Crippen molar-refractivity contribution in [2.24, 2.45) is 5.41 Å². The molecule has 7 nitrogen and oxygen atoms in total. The standard InChI is InChI=1S/C23H31N3O4/c1-30-19(27)16-24-22(29)25-14-10-18(11-15-25)26-20(17-8-4-2-5-9-17)23(21(26)28)12-6-3-7-13-23/h2,4-5,8-9,18,20H,3,6-7,10-16H2,1H3,(H,24,29). The van der Waals surface area contributed by atoms with Crippen LogP contribution in [0.15, 0.2) is 30.3 Å². The Morgan fingerprint density at radius 1 is 1.10 bits per heavy atom. The van der Waals surface area contributed by atoms with Crippen LogP contribution in [0.4, 0.5) is 4.79 Å². The first-order valence-corrected chi connectivity index (χ1v) is 11.0. The lowest BCUT2D eigenvalue weighted by molar-refractivity contribution is -0.186. The Kier molecular flexibility index (Phi) is 5.97. The van der Waals surface area contributed by atoms with E-state index in [2.05, 4.69) is 39.2 Å². The van der Waals surface area contributed by atoms with Gasteiger partial charge in [-0.3, -0.25) is 9.59 Å². The number of urea groups is 1. The van der Waals surface area contributed by atoms with Crippen LogP contribution in [-0.4, -0.2) is 60.5 Å². The van der Waals surface area contributed by atoms with Crippen LogP contribution >= 0.6 is 0 Å². The maximum absolute atomic E-state index is 13.4. The van der Waals surface area contributed by atoms with E-state index in [1.807, 2.05) is 6.07 Å². The van der Waals surface area contributed by atoms with Gasteiger partial charge in [0.1, 0.15) is 6.54 Å². The Hall–Kier alpha value is -2.57. The van der Waals surface area contributed by atoms with Gasteiger partial charge in [-0.2, -0.15) is 0 Å². The van der Waals surface area contributed by atoms with Gasteiger partial charge in [-0.25, -0.2) is 4.79 Å². The topological polar surface area (TPSA) is 79.0 Å². The molecule has 7 heteroatoms. The number of hydrogen-bond acceptors (Lipinski definition) is 4. The van der Waals surface area contributed by atoms with Crippen molar-refractivity contribution in [3.8, 4) is 0 Å². The number of nitrogens with one attached hydrogen (secondary N) is 1. The van der Waals surface area contributed by atoms with Crippen LogP contribution in [0.2, 0.25) is 0 Å². The van der Waals surface area contributed by atoms with Gasteiger partial charge in [0.05, 0.1) is 18.6 Å². The number of esters is 1. The Morgan fingerprint density at radius 2 is 1.77 bits per heavy atom. The average molecular weight is 414 g/mol. The van der Waals surface area contributed by atoms with E-state index < -0.39 is 5.97 Å². The largest absolute Gasteiger partial charge is 0.468 e. The van der Waals surface area contributed by atoms with Gasteiger partial charge >= 0.3 is 12.0 Å². The van der Waals surface area contributed by atoms with E-state index in [9.17, 15) is 14.4 Å². The minimum atomic E-state index is -0.465. The number of likely N-dealkylation sites (tertiary alicyclic amines) is 2. The number of nitrogens with zero attached hydrogens (tertiary/aromatic N) is 2. The molecule has 3 aliphatic rings. The first kappa shape index (κ1) is 20.7. The summed E-state index contributed by atoms with van der Waals surface area (Å²) in [5.74, 6) is -0.155. The Bertz CT molecular complexity index is 783. The third-order valence-electron chi connectivity index (χ3n) is 7.08. The van der Waals surface area contributed by atoms with Crippen LogP contribution in [0.1, 0.15) is 56.6 Å². The molecule has 0 radical (unpaired) electrons. The number of hydrogen-bond donors (Lipinski definition) is 1. The van der Waals surface area contributed by atoms with Crippen LogP contribution in [0.3, 0.4) is 0 Å². The number of benzene rings is 1. The molecule has 2 saturated heterocycles. The predicted molar refractivity (Wildman–Crippen MR) is 112 cm³/mol. The first-order chi connectivity index (χ1) is 14.6. The monoisotopic (exact) mass is 413 g/mol. The molecule has 2 heterocycles. The molecule has 1 N–H and O–H groups in total. The molecule has 1 atom stereocenters. The van der Waals surface area contributed by atoms with Crippen LogP contribution < -0.4 is 5.32 Å². The molecule has 30 heavy (non-hydrogen) atoms. The van der Waals surface area contributed by atoms with E-state index >= 15 is 0 Å². The zero-order chi connectivity index (χ0) is 21.1. The van der Waals surface area contributed by atoms with Crippen LogP contribution in [0.5, 0.6) is 0 Å². The first-order valence-electron chi connectivity index (χ1n) is 11.0. The molecule has 2 aliphatic heterocycles. The Balaban J connectivity index is 1.43. The second-order valence-electron chi connectivity index (χ2n) is 8.70. The van der Waals surface area contributed by atoms with Crippen molar-refractivity contribution in [3.63, 3.8) is 0 Å². The molecule has 162 valence electrons. The summed E-state index contributed by atoms with van der Waals surface area (Å²) in [5.41, 5.74) is 1.01. The number of ether oxygens (including phenoxy) is 1. The molecular weight excluding hydrogens is 382 g/mol. The minimum Gasteiger partial charge on any atom is -0.468 e. The summed E-state index contributed by atoms with van der Waals surface area (Å²) in [4.78, 5) is 40.8. The second kappa shape index (κ2) is 8.66. The molecule has 1 aromatic rings. The van der Waals surface area contributed by atoms with E-state index in [-0.39, 0.29) is 30.1 Å². The summed E-state index contributed by atoms with van der Waals surface area (Å²) in [6.07, 6.45) is 6.96. The Morgan fingerprint density at radius 3 is 2.40 bits per heavy atom. The van der Waals surface area contributed by atoms with Crippen molar-refractivity contribution < 1.29 is 19.1 Å². The number of amides is 3. The molecular formula is C23H31N3O4. The Labute approximate surface area is 177 Å². The molecule has 1 aromatic carbocycles. The average Bonchev–Trinajstić information content (AvgIpc) is 2.81. The fourth-order valence-electron chi connectivity index (χ4n) is 5.53. The zero-order valence-electron chi connectivity index (χ0n) is 17.6. The smallest absolute Gasteiger partial charge is 0.325 e. The molecule has 3 amide bonds. The van der Waals surface area contributed by atoms with E-state index in [1.165, 1.54) is 19.1 Å². The number of carbonyl (C=O) groups excluding carboxylic acids is 3. The summed E-state index contributed by atoms with van der Waals surface area (Å²) in [5, 5.41) is 2.60. The highest BCUT2D eigenvalue weighted by atomic mass is 16.5. The van der Waals surface area contributed by atoms with Crippen molar-refractivity contribution in [1.29, 1.82) is 0 Å². The highest BCUT2D eigenvalue weighted by molar-refractivity contribution is 5.91. The third kappa shape index (κ3) is 3.66. The van der Waals surface area contributed by atoms with Gasteiger partial charge in [0.2, 0.25) is 5.91 Å². The van der Waals surface area contributed by atoms with E-state index in [0.29, 0.717) is 19.0 Å². The molecule has 4 rings (SSSR count). The number of β-lactam (4-membered cyclic amide) rings is 1. The summed E-state index contributed by atoms with van der Waals surface area (Å²) in [6, 6.07) is 10.5. The fourth-order valence-corrected chi connectivity index (χ4v) is 5.53. The molecule has 1 unspecified atom stereocenters. The predicted octanol–water partition coefficient (Wildman–Crippen LogP) is 2.87. The SMILES string of the molecule is COC(=O)CNC(=O)N1CCC(N2C(=O)C3(CCCCC3)C2c2ccccc2)CC1. The van der Waals surface area contributed by atoms with Gasteiger partial charge in [-0.05, 0) is 31.2 Å². The number of piperidine rings is 1. The summed E-state index contributed by atoms with van der Waals surface area (Å²) >= 11 is 0. The van der Waals surface area contributed by atoms with E-state index in [1.54, 1.807) is 4.90 Å². The van der Waals surface area contributed by atoms with Crippen LogP contribution in [-0.2, 0) is 14.3 Å². The highest BCUT2D eigenvalue weighted by Gasteiger charge is 2.62. The molecule has 1 saturated carbocycles. The lowest BCUT2D eigenvalue weighted by atomic mass is 9.59. The minimum absolute atomic E-state index is 0.127. The number of carbonyl (C=O) groups is 3. The van der Waals surface area contributed by atoms with Gasteiger partial charge in [0.25, 0.3) is 0 Å². The highest BCUT2D eigenvalue weighted by Crippen LogP contribution is 2.59. The van der Waals surface area contributed by atoms with E-state index in [4.69, 9.17) is 0 Å². The zero-order valence-corrected chi connectivity index (χ0v) is 17.6. The van der Waals surface area contributed by atoms with Gasteiger partial charge in [-0.1, -0.05) is 49.6 Å². The van der Waals surface area contributed by atoms with Crippen molar-refractivity contribution in [3.05, 3.63) is 35.9 Å². The van der Waals surface area contributed by atoms with Gasteiger partial charge in [-0.15, -0.1) is 0 Å². The van der Waals surface area contributed by atoms with Crippen molar-refractivity contribution >= 4 is 17.9 Å². The summed E-state index contributed by atoms with van der Waals surface area (Å²) < 4.78 is 4.56. The normalized spacial score (nSPS) is 23.8. The number of methoxy groups -OCH3 is 1. The third-order valence-corrected chi connectivity index (χ3v) is 7.08. The molecule has 1 spiro atoms. The summed E-state index contributed by atoms with van der Waals surface area (Å²) in [7, 11) is 1.30. The van der Waals surface area contributed by atoms with Crippen LogP contribution in [0.25, 0.3) is 0 Å². The van der Waals surface area contributed by atoms with Crippen molar-refractivity contribution in [1.82, 2.24) is 15.1 Å². The molecule has 3 fully saturated rings. The van der Waals surface area contributed by atoms with Gasteiger partial charge < -0.3 is 19.9 Å². The maximum atomic E-state index is 13.4. The van der Waals surface area contributed by atoms with Crippen molar-refractivity contribution in [2.75, 3.05) is 26.7 Å². The van der Waals surface area contributed by atoms with Gasteiger partial charge in [0, 0.05) is 19.1 Å². The van der Waals surface area contributed by atoms with Crippen LogP contribution in [0, 0.1) is 5.41 Å². The quantitative estimate of drug-likeness (QED) is 0.608. The molecule has 1 aliphatic carbocycles. The molecule has 0 aromatic heterocycles. The van der Waals surface area contributed by atoms with Gasteiger partial charge in [0.15, 0.2) is 0 Å². The van der Waals surface area contributed by atoms with Crippen molar-refractivity contribution in [2.45, 2.75) is 57.0 Å². The molecule has 0 bridgehead atoms.